The van der Waals surface area contributed by atoms with Gasteiger partial charge in [0.25, 0.3) is 0 Å². The number of anilines is 1. The maximum absolute atomic E-state index is 11.6. The normalized spacial score (nSPS) is 13.6. The molecular weight excluding hydrogens is 344 g/mol. The number of nitrogens with zero attached hydrogens (tertiary/aromatic N) is 4. The zero-order valence-corrected chi connectivity index (χ0v) is 13.5. The molecule has 0 spiro atoms. The Morgan fingerprint density at radius 1 is 1.32 bits per heavy atom. The Kier molecular flexibility index (Phi) is 3.00. The molecular formula is C16H13BrN4O. The first-order valence-corrected chi connectivity index (χ1v) is 7.83. The van der Waals surface area contributed by atoms with Crippen LogP contribution in [0.1, 0.15) is 12.5 Å². The Balaban J connectivity index is 1.78. The maximum Gasteiger partial charge on any atom is 0.234 e. The summed E-state index contributed by atoms with van der Waals surface area (Å²) in [5.74, 6) is 0.761. The summed E-state index contributed by atoms with van der Waals surface area (Å²) in [7, 11) is 0. The molecule has 22 heavy (non-hydrogen) atoms. The van der Waals surface area contributed by atoms with E-state index in [1.54, 1.807) is 13.1 Å². The third kappa shape index (κ3) is 2.11. The fraction of sp³-hybridized carbons (Fsp3) is 0.188. The minimum Gasteiger partial charge on any atom is -0.312 e. The molecule has 110 valence electrons. The highest BCUT2D eigenvalue weighted by Gasteiger charge is 2.22. The van der Waals surface area contributed by atoms with E-state index >= 15 is 0 Å². The molecule has 3 aromatic rings. The van der Waals surface area contributed by atoms with Gasteiger partial charge in [0.2, 0.25) is 11.7 Å². The molecule has 0 saturated carbocycles. The van der Waals surface area contributed by atoms with Crippen LogP contribution in [0.15, 0.2) is 41.3 Å². The van der Waals surface area contributed by atoms with Gasteiger partial charge in [0.05, 0.1) is 10.2 Å². The number of halogens is 1. The van der Waals surface area contributed by atoms with Gasteiger partial charge in [0, 0.05) is 43.3 Å². The first-order chi connectivity index (χ1) is 10.6. The number of carbonyl (C=O) groups is 1. The largest absolute Gasteiger partial charge is 0.312 e. The highest BCUT2D eigenvalue weighted by Crippen LogP contribution is 2.32. The summed E-state index contributed by atoms with van der Waals surface area (Å²) in [5, 5.41) is 0. The first-order valence-electron chi connectivity index (χ1n) is 7.03. The van der Waals surface area contributed by atoms with E-state index in [2.05, 4.69) is 32.0 Å². The lowest BCUT2D eigenvalue weighted by Gasteiger charge is -2.14. The van der Waals surface area contributed by atoms with Crippen molar-refractivity contribution >= 4 is 33.3 Å². The summed E-state index contributed by atoms with van der Waals surface area (Å²) in [6.45, 7) is 2.36. The molecule has 2 aromatic heterocycles. The smallest absolute Gasteiger partial charge is 0.234 e. The van der Waals surface area contributed by atoms with Crippen molar-refractivity contribution in [3.05, 3.63) is 46.8 Å². The van der Waals surface area contributed by atoms with Crippen LogP contribution in [0.4, 0.5) is 5.69 Å². The number of aromatic nitrogens is 3. The van der Waals surface area contributed by atoms with Crippen molar-refractivity contribution in [1.29, 1.82) is 0 Å². The van der Waals surface area contributed by atoms with Crippen LogP contribution in [0.2, 0.25) is 0 Å². The minimum atomic E-state index is 0.0910. The molecule has 6 heteroatoms. The summed E-state index contributed by atoms with van der Waals surface area (Å²) in [6.07, 6.45) is 6.52. The van der Waals surface area contributed by atoms with Gasteiger partial charge in [-0.25, -0.2) is 9.97 Å². The lowest BCUT2D eigenvalue weighted by atomic mass is 10.1. The van der Waals surface area contributed by atoms with Crippen molar-refractivity contribution in [2.45, 2.75) is 13.3 Å². The summed E-state index contributed by atoms with van der Waals surface area (Å²) in [5.41, 5.74) is 4.14. The molecule has 0 saturated heterocycles. The van der Waals surface area contributed by atoms with Crippen LogP contribution in [0, 0.1) is 0 Å². The molecule has 1 aromatic carbocycles. The standard InChI is InChI=1S/C16H13BrN4O/c1-10(22)21-5-4-12-6-11(2-3-15(12)21)14-9-20-8-13(17)7-18-16(20)19-14/h2-3,6-9H,4-5H2,1H3. The molecule has 0 atom stereocenters. The molecule has 0 radical (unpaired) electrons. The van der Waals surface area contributed by atoms with Gasteiger partial charge < -0.3 is 4.90 Å². The Morgan fingerprint density at radius 3 is 3.00 bits per heavy atom. The van der Waals surface area contributed by atoms with Crippen molar-refractivity contribution in [1.82, 2.24) is 14.4 Å². The number of fused-ring (bicyclic) bond motifs is 2. The van der Waals surface area contributed by atoms with E-state index in [4.69, 9.17) is 0 Å². The van der Waals surface area contributed by atoms with Crippen molar-refractivity contribution in [3.63, 3.8) is 0 Å². The second-order valence-electron chi connectivity index (χ2n) is 5.37. The number of benzene rings is 1. The van der Waals surface area contributed by atoms with Gasteiger partial charge in [0.15, 0.2) is 0 Å². The van der Waals surface area contributed by atoms with Crippen LogP contribution < -0.4 is 4.90 Å². The Hall–Kier alpha value is -2.21. The third-order valence-corrected chi connectivity index (χ3v) is 4.34. The van der Waals surface area contributed by atoms with E-state index in [0.717, 1.165) is 34.4 Å². The number of carbonyl (C=O) groups excluding carboxylic acids is 1. The lowest BCUT2D eigenvalue weighted by Crippen LogP contribution is -2.25. The van der Waals surface area contributed by atoms with Gasteiger partial charge in [0.1, 0.15) is 0 Å². The van der Waals surface area contributed by atoms with Gasteiger partial charge in [-0.15, -0.1) is 0 Å². The number of amides is 1. The predicted molar refractivity (Wildman–Crippen MR) is 87.9 cm³/mol. The van der Waals surface area contributed by atoms with Crippen LogP contribution >= 0.6 is 15.9 Å². The monoisotopic (exact) mass is 356 g/mol. The van der Waals surface area contributed by atoms with E-state index in [0.29, 0.717) is 5.78 Å². The molecule has 4 rings (SSSR count). The first kappa shape index (κ1) is 13.5. The van der Waals surface area contributed by atoms with Crippen molar-refractivity contribution < 1.29 is 4.79 Å². The Morgan fingerprint density at radius 2 is 2.18 bits per heavy atom. The van der Waals surface area contributed by atoms with Crippen molar-refractivity contribution in [2.24, 2.45) is 0 Å². The summed E-state index contributed by atoms with van der Waals surface area (Å²) < 4.78 is 2.81. The molecule has 3 heterocycles. The van der Waals surface area contributed by atoms with Gasteiger partial charge in [-0.05, 0) is 40.0 Å². The summed E-state index contributed by atoms with van der Waals surface area (Å²) >= 11 is 3.41. The number of hydrogen-bond donors (Lipinski definition) is 0. The second kappa shape index (κ2) is 4.91. The molecule has 1 amide bonds. The van der Waals surface area contributed by atoms with E-state index in [1.165, 1.54) is 5.56 Å². The Bertz CT molecular complexity index is 902. The van der Waals surface area contributed by atoms with E-state index in [1.807, 2.05) is 33.8 Å². The third-order valence-electron chi connectivity index (χ3n) is 3.93. The number of imidazole rings is 1. The number of hydrogen-bond acceptors (Lipinski definition) is 3. The summed E-state index contributed by atoms with van der Waals surface area (Å²) in [6, 6.07) is 6.14. The van der Waals surface area contributed by atoms with Crippen molar-refractivity contribution in [2.75, 3.05) is 11.4 Å². The van der Waals surface area contributed by atoms with Crippen LogP contribution in [0.3, 0.4) is 0 Å². The fourth-order valence-electron chi connectivity index (χ4n) is 2.89. The van der Waals surface area contributed by atoms with Gasteiger partial charge in [-0.3, -0.25) is 9.20 Å². The topological polar surface area (TPSA) is 50.5 Å². The average Bonchev–Trinajstić information content (AvgIpc) is 3.09. The van der Waals surface area contributed by atoms with Gasteiger partial charge >= 0.3 is 0 Å². The zero-order chi connectivity index (χ0) is 15.3. The molecule has 0 unspecified atom stereocenters. The molecule has 0 fully saturated rings. The van der Waals surface area contributed by atoms with E-state index in [9.17, 15) is 4.79 Å². The fourth-order valence-corrected chi connectivity index (χ4v) is 3.21. The molecule has 1 aliphatic rings. The van der Waals surface area contributed by atoms with E-state index in [-0.39, 0.29) is 5.91 Å². The lowest BCUT2D eigenvalue weighted by molar-refractivity contribution is -0.116. The summed E-state index contributed by atoms with van der Waals surface area (Å²) in [4.78, 5) is 22.3. The number of rotatable bonds is 1. The van der Waals surface area contributed by atoms with Gasteiger partial charge in [-0.1, -0.05) is 6.07 Å². The van der Waals surface area contributed by atoms with Crippen LogP contribution in [-0.4, -0.2) is 26.8 Å². The SMILES string of the molecule is CC(=O)N1CCc2cc(-c3cn4cc(Br)cnc4n3)ccc21. The zero-order valence-electron chi connectivity index (χ0n) is 12.0. The quantitative estimate of drug-likeness (QED) is 0.673. The van der Waals surface area contributed by atoms with Crippen LogP contribution in [0.25, 0.3) is 17.0 Å². The predicted octanol–water partition coefficient (Wildman–Crippen LogP) is 3.07. The van der Waals surface area contributed by atoms with Gasteiger partial charge in [-0.2, -0.15) is 0 Å². The molecule has 0 N–H and O–H groups in total. The minimum absolute atomic E-state index is 0.0910. The van der Waals surface area contributed by atoms with Crippen LogP contribution in [0.5, 0.6) is 0 Å². The van der Waals surface area contributed by atoms with Crippen molar-refractivity contribution in [3.8, 4) is 11.3 Å². The molecule has 1 aliphatic heterocycles. The Labute approximate surface area is 135 Å². The molecule has 0 bridgehead atoms. The maximum atomic E-state index is 11.6. The highest BCUT2D eigenvalue weighted by molar-refractivity contribution is 9.10. The molecule has 5 nitrogen and oxygen atoms in total. The second-order valence-corrected chi connectivity index (χ2v) is 6.29. The average molecular weight is 357 g/mol. The molecule has 0 aliphatic carbocycles. The van der Waals surface area contributed by atoms with Crippen LogP contribution in [-0.2, 0) is 11.2 Å². The highest BCUT2D eigenvalue weighted by atomic mass is 79.9. The van der Waals surface area contributed by atoms with E-state index < -0.39 is 0 Å².